The number of nitro groups is 2. The van der Waals surface area contributed by atoms with Crippen LogP contribution in [0.2, 0.25) is 0 Å². The smallest absolute Gasteiger partial charge is 0.338 e. The summed E-state index contributed by atoms with van der Waals surface area (Å²) in [6.07, 6.45) is 0. The van der Waals surface area contributed by atoms with E-state index in [2.05, 4.69) is 13.8 Å². The van der Waals surface area contributed by atoms with E-state index in [4.69, 9.17) is 4.74 Å². The van der Waals surface area contributed by atoms with Crippen molar-refractivity contribution < 1.29 is 19.4 Å². The van der Waals surface area contributed by atoms with E-state index in [0.717, 1.165) is 29.3 Å². The van der Waals surface area contributed by atoms with Gasteiger partial charge in [0.15, 0.2) is 0 Å². The number of ether oxygens (including phenoxy) is 1. The molecule has 0 radical (unpaired) electrons. The highest BCUT2D eigenvalue weighted by Crippen LogP contribution is 2.23. The zero-order valence-electron chi connectivity index (χ0n) is 13.7. The minimum atomic E-state index is -0.861. The fourth-order valence-corrected chi connectivity index (χ4v) is 2.15. The van der Waals surface area contributed by atoms with Gasteiger partial charge in [0.05, 0.1) is 21.5 Å². The van der Waals surface area contributed by atoms with Crippen LogP contribution in [-0.4, -0.2) is 15.8 Å². The van der Waals surface area contributed by atoms with E-state index in [9.17, 15) is 25.0 Å². The molecule has 2 aromatic carbocycles. The van der Waals surface area contributed by atoms with Crippen LogP contribution in [-0.2, 0) is 11.3 Å². The third-order valence-electron chi connectivity index (χ3n) is 3.58. The fraction of sp³-hybridized carbons (Fsp3) is 0.235. The first-order chi connectivity index (χ1) is 11.8. The number of carbonyl (C=O) groups is 1. The zero-order chi connectivity index (χ0) is 18.6. The number of benzene rings is 2. The third kappa shape index (κ3) is 4.60. The predicted molar refractivity (Wildman–Crippen MR) is 89.4 cm³/mol. The van der Waals surface area contributed by atoms with Gasteiger partial charge in [-0.15, -0.1) is 0 Å². The summed E-state index contributed by atoms with van der Waals surface area (Å²) >= 11 is 0. The molecular formula is C17H16N2O6. The van der Waals surface area contributed by atoms with Crippen molar-refractivity contribution in [3.05, 3.63) is 79.4 Å². The number of rotatable bonds is 6. The Hall–Kier alpha value is -3.29. The minimum Gasteiger partial charge on any atom is -0.457 e. The molecule has 0 fully saturated rings. The largest absolute Gasteiger partial charge is 0.457 e. The number of non-ortho nitro benzene ring substituents is 2. The molecule has 0 amide bonds. The molecule has 0 heterocycles. The molecular weight excluding hydrogens is 328 g/mol. The molecule has 0 atom stereocenters. The Kier molecular flexibility index (Phi) is 5.43. The fourth-order valence-electron chi connectivity index (χ4n) is 2.15. The molecule has 0 saturated carbocycles. The Bertz CT molecular complexity index is 782. The molecule has 0 aromatic heterocycles. The van der Waals surface area contributed by atoms with E-state index < -0.39 is 27.2 Å². The first-order valence-electron chi connectivity index (χ1n) is 7.47. The van der Waals surface area contributed by atoms with Crippen LogP contribution in [0.1, 0.15) is 41.3 Å². The Morgan fingerprint density at radius 3 is 1.96 bits per heavy atom. The maximum Gasteiger partial charge on any atom is 0.338 e. The van der Waals surface area contributed by atoms with Gasteiger partial charge in [0.1, 0.15) is 6.61 Å². The molecule has 2 rings (SSSR count). The monoisotopic (exact) mass is 344 g/mol. The van der Waals surface area contributed by atoms with Crippen LogP contribution in [0.25, 0.3) is 0 Å². The number of carbonyl (C=O) groups excluding carboxylic acids is 1. The second-order valence-corrected chi connectivity index (χ2v) is 5.72. The van der Waals surface area contributed by atoms with Crippen LogP contribution < -0.4 is 0 Å². The van der Waals surface area contributed by atoms with Crippen LogP contribution in [0.5, 0.6) is 0 Å². The number of hydrogen-bond acceptors (Lipinski definition) is 6. The van der Waals surface area contributed by atoms with Gasteiger partial charge < -0.3 is 4.74 Å². The number of nitro benzene ring substituents is 2. The Morgan fingerprint density at radius 1 is 1.00 bits per heavy atom. The van der Waals surface area contributed by atoms with Crippen LogP contribution >= 0.6 is 0 Å². The Labute approximate surface area is 143 Å². The average molecular weight is 344 g/mol. The number of esters is 1. The van der Waals surface area contributed by atoms with Crippen molar-refractivity contribution >= 4 is 17.3 Å². The van der Waals surface area contributed by atoms with Crippen LogP contribution in [0.4, 0.5) is 11.4 Å². The van der Waals surface area contributed by atoms with E-state index in [0.29, 0.717) is 5.92 Å². The molecule has 0 aliphatic carbocycles. The molecule has 8 heteroatoms. The van der Waals surface area contributed by atoms with Gasteiger partial charge in [0.2, 0.25) is 0 Å². The van der Waals surface area contributed by atoms with Crippen LogP contribution in [0.15, 0.2) is 42.5 Å². The van der Waals surface area contributed by atoms with Crippen molar-refractivity contribution in [3.8, 4) is 0 Å². The van der Waals surface area contributed by atoms with E-state index in [1.54, 1.807) is 0 Å². The van der Waals surface area contributed by atoms with Gasteiger partial charge in [-0.3, -0.25) is 20.2 Å². The second kappa shape index (κ2) is 7.52. The number of hydrogen-bond donors (Lipinski definition) is 0. The van der Waals surface area contributed by atoms with Gasteiger partial charge >= 0.3 is 5.97 Å². The van der Waals surface area contributed by atoms with Crippen molar-refractivity contribution in [2.75, 3.05) is 0 Å². The summed E-state index contributed by atoms with van der Waals surface area (Å²) in [5, 5.41) is 21.7. The van der Waals surface area contributed by atoms with E-state index in [-0.39, 0.29) is 12.2 Å². The van der Waals surface area contributed by atoms with Crippen molar-refractivity contribution in [2.45, 2.75) is 26.4 Å². The van der Waals surface area contributed by atoms with Gasteiger partial charge in [-0.05, 0) is 17.0 Å². The molecule has 0 bridgehead atoms. The van der Waals surface area contributed by atoms with Crippen LogP contribution in [0.3, 0.4) is 0 Å². The van der Waals surface area contributed by atoms with E-state index >= 15 is 0 Å². The van der Waals surface area contributed by atoms with Gasteiger partial charge in [-0.25, -0.2) is 4.79 Å². The quantitative estimate of drug-likeness (QED) is 0.445. The predicted octanol–water partition coefficient (Wildman–Crippen LogP) is 3.98. The maximum atomic E-state index is 12.1. The average Bonchev–Trinajstić information content (AvgIpc) is 2.59. The van der Waals surface area contributed by atoms with E-state index in [1.807, 2.05) is 24.3 Å². The molecule has 0 N–H and O–H groups in total. The van der Waals surface area contributed by atoms with Crippen molar-refractivity contribution in [1.29, 1.82) is 0 Å². The molecule has 0 spiro atoms. The Balaban J connectivity index is 2.14. The summed E-state index contributed by atoms with van der Waals surface area (Å²) in [7, 11) is 0. The van der Waals surface area contributed by atoms with Crippen molar-refractivity contribution in [1.82, 2.24) is 0 Å². The molecule has 8 nitrogen and oxygen atoms in total. The third-order valence-corrected chi connectivity index (χ3v) is 3.58. The summed E-state index contributed by atoms with van der Waals surface area (Å²) in [5.74, 6) is -0.484. The lowest BCUT2D eigenvalue weighted by Gasteiger charge is -2.08. The summed E-state index contributed by atoms with van der Waals surface area (Å²) in [6.45, 7) is 4.09. The Morgan fingerprint density at radius 2 is 1.52 bits per heavy atom. The maximum absolute atomic E-state index is 12.1. The van der Waals surface area contributed by atoms with Crippen molar-refractivity contribution in [2.24, 2.45) is 0 Å². The summed E-state index contributed by atoms with van der Waals surface area (Å²) < 4.78 is 5.10. The molecule has 0 unspecified atom stereocenters. The molecule has 0 aliphatic rings. The highest BCUT2D eigenvalue weighted by Gasteiger charge is 2.20. The van der Waals surface area contributed by atoms with Gasteiger partial charge in [-0.2, -0.15) is 0 Å². The summed E-state index contributed by atoms with van der Waals surface area (Å²) in [5.41, 5.74) is 0.576. The van der Waals surface area contributed by atoms with Gasteiger partial charge in [-0.1, -0.05) is 38.1 Å². The first-order valence-corrected chi connectivity index (χ1v) is 7.47. The molecule has 0 saturated heterocycles. The lowest BCUT2D eigenvalue weighted by Crippen LogP contribution is -2.07. The van der Waals surface area contributed by atoms with Crippen molar-refractivity contribution in [3.63, 3.8) is 0 Å². The first kappa shape index (κ1) is 18.1. The topological polar surface area (TPSA) is 113 Å². The minimum absolute atomic E-state index is 0.0340. The highest BCUT2D eigenvalue weighted by atomic mass is 16.6. The lowest BCUT2D eigenvalue weighted by atomic mass is 10.0. The number of nitrogens with zero attached hydrogens (tertiary/aromatic N) is 2. The lowest BCUT2D eigenvalue weighted by molar-refractivity contribution is -0.394. The summed E-state index contributed by atoms with van der Waals surface area (Å²) in [6, 6.07) is 10.2. The highest BCUT2D eigenvalue weighted by molar-refractivity contribution is 5.91. The van der Waals surface area contributed by atoms with Gasteiger partial charge in [0.25, 0.3) is 11.4 Å². The summed E-state index contributed by atoms with van der Waals surface area (Å²) in [4.78, 5) is 32.2. The normalized spacial score (nSPS) is 10.5. The zero-order valence-corrected chi connectivity index (χ0v) is 13.7. The molecule has 2 aromatic rings. The SMILES string of the molecule is CC(C)c1ccc(COC(=O)c2cc([N+](=O)[O-])cc([N+](=O)[O-])c2)cc1. The molecule has 25 heavy (non-hydrogen) atoms. The standard InChI is InChI=1S/C17H16N2O6/c1-11(2)13-5-3-12(4-6-13)10-25-17(20)14-7-15(18(21)22)9-16(8-14)19(23)24/h3-9,11H,10H2,1-2H3. The van der Waals surface area contributed by atoms with Crippen LogP contribution in [0, 0.1) is 20.2 Å². The van der Waals surface area contributed by atoms with E-state index in [1.165, 1.54) is 0 Å². The van der Waals surface area contributed by atoms with Gasteiger partial charge in [0, 0.05) is 12.1 Å². The molecule has 130 valence electrons. The molecule has 0 aliphatic heterocycles. The second-order valence-electron chi connectivity index (χ2n) is 5.72.